The van der Waals surface area contributed by atoms with Crippen molar-refractivity contribution >= 4 is 11.8 Å². The summed E-state index contributed by atoms with van der Waals surface area (Å²) in [6.07, 6.45) is 4.45. The molecular weight excluding hydrogens is 378 g/mol. The maximum absolute atomic E-state index is 13.2. The summed E-state index contributed by atoms with van der Waals surface area (Å²) in [6.45, 7) is 5.20. The van der Waals surface area contributed by atoms with Gasteiger partial charge in [-0.3, -0.25) is 14.6 Å². The summed E-state index contributed by atoms with van der Waals surface area (Å²) < 4.78 is 6.13. The van der Waals surface area contributed by atoms with Crippen LogP contribution in [0.1, 0.15) is 25.8 Å². The van der Waals surface area contributed by atoms with Crippen LogP contribution < -0.4 is 0 Å². The van der Waals surface area contributed by atoms with Gasteiger partial charge >= 0.3 is 0 Å². The van der Waals surface area contributed by atoms with Gasteiger partial charge in [0.15, 0.2) is 5.60 Å². The fourth-order valence-corrected chi connectivity index (χ4v) is 3.92. The van der Waals surface area contributed by atoms with Gasteiger partial charge in [0, 0.05) is 45.9 Å². The van der Waals surface area contributed by atoms with Gasteiger partial charge in [0.25, 0.3) is 5.91 Å². The maximum Gasteiger partial charge on any atom is 0.256 e. The summed E-state index contributed by atoms with van der Waals surface area (Å²) in [7, 11) is 3.46. The Labute approximate surface area is 178 Å². The van der Waals surface area contributed by atoms with Crippen molar-refractivity contribution in [1.29, 1.82) is 0 Å². The van der Waals surface area contributed by atoms with E-state index in [0.717, 1.165) is 16.7 Å². The predicted molar refractivity (Wildman–Crippen MR) is 117 cm³/mol. The number of hydrogen-bond acceptors (Lipinski definition) is 4. The van der Waals surface area contributed by atoms with Crippen LogP contribution in [-0.2, 0) is 20.7 Å². The van der Waals surface area contributed by atoms with E-state index in [4.69, 9.17) is 4.74 Å². The molecule has 1 aliphatic heterocycles. The second-order valence-electron chi connectivity index (χ2n) is 8.57. The van der Waals surface area contributed by atoms with Gasteiger partial charge in [-0.25, -0.2) is 0 Å². The van der Waals surface area contributed by atoms with Crippen LogP contribution in [0.2, 0.25) is 0 Å². The third kappa shape index (κ3) is 5.05. The van der Waals surface area contributed by atoms with Crippen molar-refractivity contribution in [3.8, 4) is 11.1 Å². The van der Waals surface area contributed by atoms with E-state index in [-0.39, 0.29) is 24.3 Å². The van der Waals surface area contributed by atoms with Gasteiger partial charge < -0.3 is 14.5 Å². The lowest BCUT2D eigenvalue weighted by Gasteiger charge is -2.43. The first-order chi connectivity index (χ1) is 14.3. The van der Waals surface area contributed by atoms with E-state index in [9.17, 15) is 9.59 Å². The van der Waals surface area contributed by atoms with Crippen LogP contribution in [0.5, 0.6) is 0 Å². The molecule has 6 nitrogen and oxygen atoms in total. The first kappa shape index (κ1) is 22.0. The summed E-state index contributed by atoms with van der Waals surface area (Å²) in [4.78, 5) is 33.5. The van der Waals surface area contributed by atoms with Gasteiger partial charge in [0.05, 0.1) is 13.2 Å². The standard InChI is InChI=1S/C24H31N3O3/c1-18(2)13-22(28)27-11-12-30-24(17-27,23(29)26(3)4)15-19-7-5-8-20(14-19)21-9-6-10-25-16-21/h5-10,14,16,18H,11-13,15,17H2,1-4H3/t24-/m1/s1. The molecule has 2 amide bonds. The molecular formula is C24H31N3O3. The highest BCUT2D eigenvalue weighted by molar-refractivity contribution is 5.87. The molecule has 3 rings (SSSR count). The molecule has 0 radical (unpaired) electrons. The Morgan fingerprint density at radius 1 is 1.20 bits per heavy atom. The first-order valence-corrected chi connectivity index (χ1v) is 10.4. The number of nitrogens with zero attached hydrogens (tertiary/aromatic N) is 3. The Morgan fingerprint density at radius 2 is 1.97 bits per heavy atom. The zero-order valence-corrected chi connectivity index (χ0v) is 18.3. The Hall–Kier alpha value is -2.73. The lowest BCUT2D eigenvalue weighted by Crippen LogP contribution is -2.61. The molecule has 6 heteroatoms. The van der Waals surface area contributed by atoms with E-state index in [1.54, 1.807) is 30.1 Å². The minimum absolute atomic E-state index is 0.0772. The SMILES string of the molecule is CC(C)CC(=O)N1CCO[C@@](Cc2cccc(-c3cccnc3)c2)(C(=O)N(C)C)C1. The van der Waals surface area contributed by atoms with Crippen molar-refractivity contribution in [2.75, 3.05) is 33.8 Å². The van der Waals surface area contributed by atoms with E-state index >= 15 is 0 Å². The molecule has 30 heavy (non-hydrogen) atoms. The Kier molecular flexibility index (Phi) is 6.87. The molecule has 1 saturated heterocycles. The number of morpholine rings is 1. The van der Waals surface area contributed by atoms with Gasteiger partial charge in [-0.05, 0) is 28.7 Å². The van der Waals surface area contributed by atoms with Crippen molar-refractivity contribution < 1.29 is 14.3 Å². The zero-order chi connectivity index (χ0) is 21.7. The van der Waals surface area contributed by atoms with Gasteiger partial charge in [0.1, 0.15) is 0 Å². The molecule has 0 N–H and O–H groups in total. The van der Waals surface area contributed by atoms with Crippen molar-refractivity contribution in [3.05, 3.63) is 54.4 Å². The average molecular weight is 410 g/mol. The second-order valence-corrected chi connectivity index (χ2v) is 8.57. The molecule has 1 aliphatic rings. The second kappa shape index (κ2) is 9.39. The average Bonchev–Trinajstić information content (AvgIpc) is 2.73. The predicted octanol–water partition coefficient (Wildman–Crippen LogP) is 3.02. The first-order valence-electron chi connectivity index (χ1n) is 10.4. The molecule has 1 aromatic heterocycles. The smallest absolute Gasteiger partial charge is 0.256 e. The third-order valence-electron chi connectivity index (χ3n) is 5.33. The van der Waals surface area contributed by atoms with Gasteiger partial charge in [0.2, 0.25) is 5.91 Å². The summed E-state index contributed by atoms with van der Waals surface area (Å²) >= 11 is 0. The Bertz CT molecular complexity index is 882. The molecule has 0 bridgehead atoms. The Balaban J connectivity index is 1.89. The molecule has 1 fully saturated rings. The summed E-state index contributed by atoms with van der Waals surface area (Å²) in [5.41, 5.74) is 1.97. The van der Waals surface area contributed by atoms with Crippen LogP contribution >= 0.6 is 0 Å². The van der Waals surface area contributed by atoms with E-state index < -0.39 is 5.60 Å². The number of hydrogen-bond donors (Lipinski definition) is 0. The minimum Gasteiger partial charge on any atom is -0.361 e. The van der Waals surface area contributed by atoms with Crippen molar-refractivity contribution in [1.82, 2.24) is 14.8 Å². The molecule has 0 saturated carbocycles. The minimum atomic E-state index is -1.08. The Morgan fingerprint density at radius 3 is 2.63 bits per heavy atom. The normalized spacial score (nSPS) is 19.0. The van der Waals surface area contributed by atoms with E-state index in [0.29, 0.717) is 26.0 Å². The van der Waals surface area contributed by atoms with Crippen molar-refractivity contribution in [3.63, 3.8) is 0 Å². The number of carbonyl (C=O) groups is 2. The lowest BCUT2D eigenvalue weighted by molar-refractivity contribution is -0.172. The molecule has 1 atom stereocenters. The third-order valence-corrected chi connectivity index (χ3v) is 5.33. The number of rotatable bonds is 6. The van der Waals surface area contributed by atoms with E-state index in [1.165, 1.54) is 0 Å². The van der Waals surface area contributed by atoms with Crippen LogP contribution in [0.4, 0.5) is 0 Å². The summed E-state index contributed by atoms with van der Waals surface area (Å²) in [5.74, 6) is 0.236. The van der Waals surface area contributed by atoms with Crippen molar-refractivity contribution in [2.24, 2.45) is 5.92 Å². The van der Waals surface area contributed by atoms with Crippen molar-refractivity contribution in [2.45, 2.75) is 32.3 Å². The largest absolute Gasteiger partial charge is 0.361 e. The van der Waals surface area contributed by atoms with Crippen LogP contribution in [0.15, 0.2) is 48.8 Å². The van der Waals surface area contributed by atoms with Gasteiger partial charge in [-0.15, -0.1) is 0 Å². The number of aromatic nitrogens is 1. The van der Waals surface area contributed by atoms with Crippen LogP contribution in [0.25, 0.3) is 11.1 Å². The highest BCUT2D eigenvalue weighted by Gasteiger charge is 2.46. The fraction of sp³-hybridized carbons (Fsp3) is 0.458. The highest BCUT2D eigenvalue weighted by atomic mass is 16.5. The number of pyridine rings is 1. The van der Waals surface area contributed by atoms with E-state index in [1.807, 2.05) is 50.4 Å². The summed E-state index contributed by atoms with van der Waals surface area (Å²) in [6, 6.07) is 12.0. The molecule has 160 valence electrons. The molecule has 2 aromatic rings. The molecule has 1 aromatic carbocycles. The number of likely N-dealkylation sites (N-methyl/N-ethyl adjacent to an activating group) is 1. The monoisotopic (exact) mass is 409 g/mol. The number of ether oxygens (including phenoxy) is 1. The number of carbonyl (C=O) groups excluding carboxylic acids is 2. The van der Waals surface area contributed by atoms with Crippen LogP contribution in [0.3, 0.4) is 0 Å². The van der Waals surface area contributed by atoms with Gasteiger partial charge in [-0.1, -0.05) is 44.2 Å². The molecule has 0 unspecified atom stereocenters. The van der Waals surface area contributed by atoms with Crippen LogP contribution in [0, 0.1) is 5.92 Å². The highest BCUT2D eigenvalue weighted by Crippen LogP contribution is 2.28. The topological polar surface area (TPSA) is 62.7 Å². The fourth-order valence-electron chi connectivity index (χ4n) is 3.92. The van der Waals surface area contributed by atoms with Crippen LogP contribution in [-0.4, -0.2) is 66.0 Å². The maximum atomic E-state index is 13.2. The zero-order valence-electron chi connectivity index (χ0n) is 18.3. The van der Waals surface area contributed by atoms with E-state index in [2.05, 4.69) is 11.1 Å². The molecule has 0 spiro atoms. The number of benzene rings is 1. The lowest BCUT2D eigenvalue weighted by atomic mass is 9.89. The van der Waals surface area contributed by atoms with Gasteiger partial charge in [-0.2, -0.15) is 0 Å². The number of amides is 2. The molecule has 0 aliphatic carbocycles. The molecule has 2 heterocycles. The summed E-state index contributed by atoms with van der Waals surface area (Å²) in [5, 5.41) is 0. The quantitative estimate of drug-likeness (QED) is 0.736.